The summed E-state index contributed by atoms with van der Waals surface area (Å²) in [6.45, 7) is 0.392. The lowest BCUT2D eigenvalue weighted by Crippen LogP contribution is -2.28. The van der Waals surface area contributed by atoms with E-state index in [1.165, 1.54) is 0 Å². The second kappa shape index (κ2) is 8.00. The van der Waals surface area contributed by atoms with Crippen LogP contribution in [0.1, 0.15) is 18.4 Å². The fourth-order valence-corrected chi connectivity index (χ4v) is 3.05. The van der Waals surface area contributed by atoms with Gasteiger partial charge in [0.1, 0.15) is 0 Å². The van der Waals surface area contributed by atoms with E-state index in [2.05, 4.69) is 4.72 Å². The maximum absolute atomic E-state index is 11.6. The molecule has 0 saturated heterocycles. The Morgan fingerprint density at radius 3 is 2.67 bits per heavy atom. The molecule has 0 atom stereocenters. The molecule has 1 rings (SSSR count). The van der Waals surface area contributed by atoms with E-state index in [0.29, 0.717) is 30.3 Å². The predicted octanol–water partition coefficient (Wildman–Crippen LogP) is 2.82. The molecule has 0 bridgehead atoms. The van der Waals surface area contributed by atoms with E-state index in [1.807, 2.05) is 18.2 Å². The van der Waals surface area contributed by atoms with Crippen LogP contribution in [0, 0.1) is 0 Å². The minimum Gasteiger partial charge on any atom is -0.215 e. The first-order chi connectivity index (χ1) is 8.53. The number of unbranched alkanes of at least 4 members (excludes halogenated alkanes) is 1. The molecule has 3 nitrogen and oxygen atoms in total. The highest BCUT2D eigenvalue weighted by Crippen LogP contribution is 2.10. The van der Waals surface area contributed by atoms with Crippen LogP contribution >= 0.6 is 23.2 Å². The monoisotopic (exact) mass is 309 g/mol. The average molecular weight is 310 g/mol. The second-order valence-electron chi connectivity index (χ2n) is 3.99. The molecule has 0 amide bonds. The lowest BCUT2D eigenvalue weighted by molar-refractivity contribution is 0.578. The first-order valence-corrected chi connectivity index (χ1v) is 8.38. The number of benzene rings is 1. The molecular formula is C12H17Cl2NO2S. The number of rotatable bonds is 8. The van der Waals surface area contributed by atoms with Gasteiger partial charge in [-0.05, 0) is 37.0 Å². The smallest absolute Gasteiger partial charge is 0.211 e. The lowest BCUT2D eigenvalue weighted by Gasteiger charge is -2.06. The van der Waals surface area contributed by atoms with E-state index in [9.17, 15) is 8.42 Å². The van der Waals surface area contributed by atoms with Gasteiger partial charge in [0.25, 0.3) is 0 Å². The zero-order valence-corrected chi connectivity index (χ0v) is 12.4. The van der Waals surface area contributed by atoms with Crippen molar-refractivity contribution in [2.24, 2.45) is 0 Å². The number of sulfonamides is 1. The molecule has 102 valence electrons. The summed E-state index contributed by atoms with van der Waals surface area (Å²) in [5.74, 6) is 0.632. The zero-order valence-electron chi connectivity index (χ0n) is 10.0. The quantitative estimate of drug-likeness (QED) is 0.593. The molecule has 6 heteroatoms. The van der Waals surface area contributed by atoms with Crippen molar-refractivity contribution in [1.29, 1.82) is 0 Å². The first-order valence-electron chi connectivity index (χ1n) is 5.81. The maximum Gasteiger partial charge on any atom is 0.211 e. The Labute approximate surface area is 119 Å². The molecule has 0 spiro atoms. The van der Waals surface area contributed by atoms with E-state index in [4.69, 9.17) is 23.2 Å². The maximum atomic E-state index is 11.6. The fraction of sp³-hybridized carbons (Fsp3) is 0.500. The Bertz CT molecular complexity index is 463. The third-order valence-electron chi connectivity index (χ3n) is 2.42. The zero-order chi connectivity index (χ0) is 13.4. The summed E-state index contributed by atoms with van der Waals surface area (Å²) >= 11 is 11.3. The number of halogens is 2. The summed E-state index contributed by atoms with van der Waals surface area (Å²) in [5, 5.41) is 0.664. The fourth-order valence-electron chi connectivity index (χ4n) is 1.50. The molecule has 0 aromatic heterocycles. The molecule has 0 heterocycles. The predicted molar refractivity (Wildman–Crippen MR) is 76.9 cm³/mol. The highest BCUT2D eigenvalue weighted by molar-refractivity contribution is 7.89. The molecule has 0 fully saturated rings. The Balaban J connectivity index is 2.32. The van der Waals surface area contributed by atoms with Gasteiger partial charge >= 0.3 is 0 Å². The number of hydrogen-bond acceptors (Lipinski definition) is 2. The van der Waals surface area contributed by atoms with Crippen LogP contribution in [0.2, 0.25) is 5.02 Å². The van der Waals surface area contributed by atoms with E-state index in [1.54, 1.807) is 6.07 Å². The second-order valence-corrected chi connectivity index (χ2v) is 6.73. The van der Waals surface area contributed by atoms with Crippen molar-refractivity contribution in [3.8, 4) is 0 Å². The third kappa shape index (κ3) is 6.59. The van der Waals surface area contributed by atoms with Crippen LogP contribution < -0.4 is 4.72 Å². The van der Waals surface area contributed by atoms with Gasteiger partial charge in [-0.3, -0.25) is 0 Å². The van der Waals surface area contributed by atoms with Gasteiger partial charge in [-0.15, -0.1) is 11.6 Å². The third-order valence-corrected chi connectivity index (χ3v) is 4.39. The van der Waals surface area contributed by atoms with Gasteiger partial charge in [0.2, 0.25) is 10.0 Å². The van der Waals surface area contributed by atoms with Gasteiger partial charge in [-0.25, -0.2) is 13.1 Å². The summed E-state index contributed by atoms with van der Waals surface area (Å²) in [7, 11) is -3.18. The van der Waals surface area contributed by atoms with Gasteiger partial charge in [0, 0.05) is 17.4 Å². The van der Waals surface area contributed by atoms with E-state index in [0.717, 1.165) is 12.0 Å². The van der Waals surface area contributed by atoms with Crippen molar-refractivity contribution < 1.29 is 8.42 Å². The van der Waals surface area contributed by atoms with Crippen LogP contribution in [0.3, 0.4) is 0 Å². The minimum atomic E-state index is -3.18. The van der Waals surface area contributed by atoms with Gasteiger partial charge in [0.15, 0.2) is 0 Å². The highest BCUT2D eigenvalue weighted by Gasteiger charge is 2.08. The Kier molecular flexibility index (Phi) is 7.00. The Hall–Kier alpha value is -0.290. The van der Waals surface area contributed by atoms with Gasteiger partial charge in [-0.1, -0.05) is 23.7 Å². The van der Waals surface area contributed by atoms with Crippen molar-refractivity contribution in [2.45, 2.75) is 19.3 Å². The van der Waals surface area contributed by atoms with Gasteiger partial charge in [0.05, 0.1) is 5.75 Å². The molecule has 0 aliphatic carbocycles. The summed E-state index contributed by atoms with van der Waals surface area (Å²) in [4.78, 5) is 0. The molecule has 0 radical (unpaired) electrons. The topological polar surface area (TPSA) is 46.2 Å². The van der Waals surface area contributed by atoms with Crippen molar-refractivity contribution in [3.05, 3.63) is 34.9 Å². The summed E-state index contributed by atoms with van der Waals surface area (Å²) in [6, 6.07) is 7.41. The van der Waals surface area contributed by atoms with Crippen LogP contribution in [0.4, 0.5) is 0 Å². The van der Waals surface area contributed by atoms with Crippen molar-refractivity contribution >= 4 is 33.2 Å². The molecule has 18 heavy (non-hydrogen) atoms. The number of nitrogens with one attached hydrogen (secondary N) is 1. The van der Waals surface area contributed by atoms with Crippen LogP contribution in [0.5, 0.6) is 0 Å². The van der Waals surface area contributed by atoms with Crippen LogP contribution in [-0.2, 0) is 16.4 Å². The number of alkyl halides is 1. The average Bonchev–Trinajstić information content (AvgIpc) is 2.29. The van der Waals surface area contributed by atoms with Crippen molar-refractivity contribution in [3.63, 3.8) is 0 Å². The molecule has 0 aliphatic heterocycles. The Morgan fingerprint density at radius 2 is 2.00 bits per heavy atom. The standard InChI is InChI=1S/C12H17Cl2NO2S/c13-7-1-2-9-18(16,17)15-8-6-11-4-3-5-12(14)10-11/h3-5,10,15H,1-2,6-9H2. The molecular weight excluding hydrogens is 293 g/mol. The largest absolute Gasteiger partial charge is 0.215 e. The molecule has 0 saturated carbocycles. The highest BCUT2D eigenvalue weighted by atomic mass is 35.5. The lowest BCUT2D eigenvalue weighted by atomic mass is 10.2. The Morgan fingerprint density at radius 1 is 1.22 bits per heavy atom. The number of hydrogen-bond donors (Lipinski definition) is 1. The normalized spacial score (nSPS) is 11.7. The van der Waals surface area contributed by atoms with E-state index in [-0.39, 0.29) is 5.75 Å². The minimum absolute atomic E-state index is 0.134. The van der Waals surface area contributed by atoms with E-state index < -0.39 is 10.0 Å². The van der Waals surface area contributed by atoms with E-state index >= 15 is 0 Å². The summed E-state index contributed by atoms with van der Waals surface area (Å²) in [6.07, 6.45) is 1.95. The molecule has 1 aromatic carbocycles. The first kappa shape index (κ1) is 15.8. The SMILES string of the molecule is O=S(=O)(CCCCCl)NCCc1cccc(Cl)c1. The van der Waals surface area contributed by atoms with Crippen LogP contribution in [0.25, 0.3) is 0 Å². The van der Waals surface area contributed by atoms with Crippen molar-refractivity contribution in [2.75, 3.05) is 18.2 Å². The van der Waals surface area contributed by atoms with Gasteiger partial charge in [-0.2, -0.15) is 0 Å². The summed E-state index contributed by atoms with van der Waals surface area (Å²) < 4.78 is 25.7. The molecule has 1 aromatic rings. The molecule has 0 aliphatic rings. The molecule has 0 unspecified atom stereocenters. The summed E-state index contributed by atoms with van der Waals surface area (Å²) in [5.41, 5.74) is 1.02. The van der Waals surface area contributed by atoms with Gasteiger partial charge < -0.3 is 0 Å². The molecule has 1 N–H and O–H groups in total. The van der Waals surface area contributed by atoms with Crippen LogP contribution in [-0.4, -0.2) is 26.6 Å². The van der Waals surface area contributed by atoms with Crippen molar-refractivity contribution in [1.82, 2.24) is 4.72 Å². The van der Waals surface area contributed by atoms with Crippen LogP contribution in [0.15, 0.2) is 24.3 Å².